The zero-order valence-corrected chi connectivity index (χ0v) is 21.1. The van der Waals surface area contributed by atoms with E-state index in [-0.39, 0.29) is 12.3 Å². The van der Waals surface area contributed by atoms with Crippen molar-refractivity contribution in [2.75, 3.05) is 45.3 Å². The molecule has 2 atom stereocenters. The van der Waals surface area contributed by atoms with Gasteiger partial charge in [0.25, 0.3) is 0 Å². The van der Waals surface area contributed by atoms with Gasteiger partial charge in [0, 0.05) is 37.7 Å². The molecule has 0 saturated carbocycles. The van der Waals surface area contributed by atoms with Crippen molar-refractivity contribution < 1.29 is 14.3 Å². The van der Waals surface area contributed by atoms with E-state index in [0.717, 1.165) is 56.5 Å². The molecule has 1 aromatic heterocycles. The number of likely N-dealkylation sites (N-methyl/N-ethyl adjacent to an activating group) is 1. The van der Waals surface area contributed by atoms with Crippen molar-refractivity contribution in [1.82, 2.24) is 14.5 Å². The van der Waals surface area contributed by atoms with Crippen LogP contribution in [0.1, 0.15) is 56.4 Å². The van der Waals surface area contributed by atoms with E-state index in [0.29, 0.717) is 25.7 Å². The van der Waals surface area contributed by atoms with E-state index >= 15 is 0 Å². The molecule has 7 nitrogen and oxygen atoms in total. The van der Waals surface area contributed by atoms with Gasteiger partial charge in [-0.1, -0.05) is 24.1 Å². The van der Waals surface area contributed by atoms with Crippen LogP contribution in [0.15, 0.2) is 24.3 Å². The SMILES string of the molecule is CCN(CC)C(=O)Nn1c(C#CCOC2CCCCO2)c2c3c(cccc31)C1=CCCN(C)[C@@H]1C2. The first kappa shape index (κ1) is 23.9. The van der Waals surface area contributed by atoms with E-state index < -0.39 is 0 Å². The average Bonchev–Trinajstić information content (AvgIpc) is 3.17. The third-order valence-corrected chi connectivity index (χ3v) is 7.48. The van der Waals surface area contributed by atoms with E-state index in [1.807, 2.05) is 18.5 Å². The second-order valence-electron chi connectivity index (χ2n) is 9.51. The van der Waals surface area contributed by atoms with Gasteiger partial charge in [-0.2, -0.15) is 0 Å². The lowest BCUT2D eigenvalue weighted by atomic mass is 9.81. The highest BCUT2D eigenvalue weighted by Gasteiger charge is 2.34. The summed E-state index contributed by atoms with van der Waals surface area (Å²) in [6.07, 6.45) is 7.29. The fraction of sp³-hybridized carbons (Fsp3) is 0.536. The molecular formula is C28H36N4O3. The smallest absolute Gasteiger partial charge is 0.336 e. The van der Waals surface area contributed by atoms with Crippen molar-refractivity contribution in [3.8, 4) is 11.8 Å². The number of nitrogens with one attached hydrogen (secondary N) is 1. The van der Waals surface area contributed by atoms with Gasteiger partial charge in [-0.05, 0) is 81.7 Å². The Hall–Kier alpha value is -2.79. The number of rotatable bonds is 5. The van der Waals surface area contributed by atoms with Crippen molar-refractivity contribution in [1.29, 1.82) is 0 Å². The van der Waals surface area contributed by atoms with Crippen LogP contribution < -0.4 is 5.43 Å². The van der Waals surface area contributed by atoms with Crippen LogP contribution in [-0.4, -0.2) is 72.7 Å². The van der Waals surface area contributed by atoms with Gasteiger partial charge in [0.05, 0.1) is 5.52 Å². The third kappa shape index (κ3) is 4.58. The lowest BCUT2D eigenvalue weighted by molar-refractivity contribution is -0.154. The summed E-state index contributed by atoms with van der Waals surface area (Å²) >= 11 is 0. The summed E-state index contributed by atoms with van der Waals surface area (Å²) in [5.41, 5.74) is 8.84. The second kappa shape index (κ2) is 10.4. The Kier molecular flexibility index (Phi) is 7.14. The fourth-order valence-electron chi connectivity index (χ4n) is 5.58. The topological polar surface area (TPSA) is 59.0 Å². The van der Waals surface area contributed by atoms with Gasteiger partial charge in [0.15, 0.2) is 6.29 Å². The van der Waals surface area contributed by atoms with E-state index in [2.05, 4.69) is 53.5 Å². The number of aromatic nitrogens is 1. The van der Waals surface area contributed by atoms with Crippen LogP contribution >= 0.6 is 0 Å². The molecule has 5 rings (SSSR count). The molecule has 1 aliphatic carbocycles. The van der Waals surface area contributed by atoms with Crippen molar-refractivity contribution in [3.05, 3.63) is 41.1 Å². The van der Waals surface area contributed by atoms with Gasteiger partial charge < -0.3 is 14.4 Å². The molecule has 1 fully saturated rings. The van der Waals surface area contributed by atoms with Crippen LogP contribution in [0.2, 0.25) is 0 Å². The van der Waals surface area contributed by atoms with Crippen molar-refractivity contribution in [3.63, 3.8) is 0 Å². The fourth-order valence-corrected chi connectivity index (χ4v) is 5.58. The molecule has 0 radical (unpaired) electrons. The standard InChI is InChI=1S/C28H36N4O3/c1-4-31(5-2)28(33)29-32-23(14-10-18-35-26-15-6-7-17-34-26)22-19-25-20(12-9-16-30(25)3)21-11-8-13-24(32)27(21)22/h8,11-13,25-26H,4-7,9,15-19H2,1-3H3,(H,29,33)/t25-,26?/m1/s1. The summed E-state index contributed by atoms with van der Waals surface area (Å²) in [7, 11) is 2.20. The molecular weight excluding hydrogens is 440 g/mol. The van der Waals surface area contributed by atoms with Crippen molar-refractivity contribution >= 4 is 22.5 Å². The molecule has 2 aromatic rings. The number of nitrogens with zero attached hydrogens (tertiary/aromatic N) is 3. The van der Waals surface area contributed by atoms with E-state index in [9.17, 15) is 4.79 Å². The maximum atomic E-state index is 13.1. The minimum absolute atomic E-state index is 0.119. The molecule has 2 amide bonds. The Morgan fingerprint density at radius 1 is 1.29 bits per heavy atom. The van der Waals surface area contributed by atoms with Crippen LogP contribution in [0.25, 0.3) is 16.5 Å². The second-order valence-corrected chi connectivity index (χ2v) is 9.51. The zero-order valence-electron chi connectivity index (χ0n) is 21.1. The van der Waals surface area contributed by atoms with Gasteiger partial charge in [0.1, 0.15) is 12.3 Å². The molecule has 35 heavy (non-hydrogen) atoms. The predicted octanol–water partition coefficient (Wildman–Crippen LogP) is 4.18. The minimum Gasteiger partial charge on any atom is -0.353 e. The molecule has 1 aromatic carbocycles. The summed E-state index contributed by atoms with van der Waals surface area (Å²) in [6, 6.07) is 6.58. The predicted molar refractivity (Wildman–Crippen MR) is 139 cm³/mol. The molecule has 3 heterocycles. The summed E-state index contributed by atoms with van der Waals surface area (Å²) in [4.78, 5) is 17.3. The average molecular weight is 477 g/mol. The van der Waals surface area contributed by atoms with Gasteiger partial charge in [-0.3, -0.25) is 4.90 Å². The van der Waals surface area contributed by atoms with Gasteiger partial charge >= 0.3 is 6.03 Å². The van der Waals surface area contributed by atoms with Gasteiger partial charge in [-0.25, -0.2) is 14.9 Å². The summed E-state index contributed by atoms with van der Waals surface area (Å²) in [6.45, 7) is 7.39. The summed E-state index contributed by atoms with van der Waals surface area (Å²) in [5.74, 6) is 6.59. The highest BCUT2D eigenvalue weighted by molar-refractivity contribution is 6.01. The lowest BCUT2D eigenvalue weighted by Gasteiger charge is -2.36. The number of benzene rings is 1. The largest absolute Gasteiger partial charge is 0.353 e. The first-order chi connectivity index (χ1) is 17.1. The number of fused-ring (bicyclic) bond motifs is 2. The highest BCUT2D eigenvalue weighted by Crippen LogP contribution is 2.42. The van der Waals surface area contributed by atoms with Crippen LogP contribution in [0.5, 0.6) is 0 Å². The number of urea groups is 1. The first-order valence-electron chi connectivity index (χ1n) is 13.0. The maximum absolute atomic E-state index is 13.1. The summed E-state index contributed by atoms with van der Waals surface area (Å²) < 4.78 is 13.4. The Bertz CT molecular complexity index is 1180. The molecule has 1 unspecified atom stereocenters. The lowest BCUT2D eigenvalue weighted by Crippen LogP contribution is -2.39. The molecule has 0 bridgehead atoms. The Morgan fingerprint density at radius 3 is 2.91 bits per heavy atom. The normalized spacial score (nSPS) is 21.6. The number of ether oxygens (including phenoxy) is 2. The minimum atomic E-state index is -0.167. The van der Waals surface area contributed by atoms with Crippen LogP contribution in [-0.2, 0) is 15.9 Å². The van der Waals surface area contributed by atoms with Gasteiger partial charge in [-0.15, -0.1) is 0 Å². The zero-order chi connectivity index (χ0) is 24.4. The molecule has 3 aliphatic rings. The number of hydrogen-bond donors (Lipinski definition) is 1. The van der Waals surface area contributed by atoms with Crippen molar-refractivity contribution in [2.45, 2.75) is 58.3 Å². The molecule has 1 N–H and O–H groups in total. The molecule has 7 heteroatoms. The number of carbonyl (C=O) groups is 1. The Labute approximate surface area is 208 Å². The van der Waals surface area contributed by atoms with Gasteiger partial charge in [0.2, 0.25) is 0 Å². The monoisotopic (exact) mass is 476 g/mol. The number of amides is 2. The van der Waals surface area contributed by atoms with E-state index in [4.69, 9.17) is 9.47 Å². The highest BCUT2D eigenvalue weighted by atomic mass is 16.7. The van der Waals surface area contributed by atoms with Crippen LogP contribution in [0.3, 0.4) is 0 Å². The maximum Gasteiger partial charge on any atom is 0.336 e. The number of hydrogen-bond acceptors (Lipinski definition) is 4. The molecule has 1 saturated heterocycles. The quantitative estimate of drug-likeness (QED) is 0.658. The third-order valence-electron chi connectivity index (χ3n) is 7.48. The Morgan fingerprint density at radius 2 is 2.14 bits per heavy atom. The van der Waals surface area contributed by atoms with Crippen LogP contribution in [0.4, 0.5) is 4.79 Å². The Balaban J connectivity index is 1.55. The van der Waals surface area contributed by atoms with E-state index in [1.54, 1.807) is 4.90 Å². The van der Waals surface area contributed by atoms with Crippen LogP contribution in [0, 0.1) is 11.8 Å². The van der Waals surface area contributed by atoms with Crippen molar-refractivity contribution in [2.24, 2.45) is 0 Å². The summed E-state index contributed by atoms with van der Waals surface area (Å²) in [5, 5.41) is 1.20. The molecule has 186 valence electrons. The number of carbonyl (C=O) groups excluding carboxylic acids is 1. The van der Waals surface area contributed by atoms with E-state index in [1.165, 1.54) is 22.1 Å². The first-order valence-corrected chi connectivity index (χ1v) is 13.0. The molecule has 0 spiro atoms. The molecule has 2 aliphatic heterocycles.